The van der Waals surface area contributed by atoms with E-state index >= 15 is 0 Å². The quantitative estimate of drug-likeness (QED) is 0.803. The van der Waals surface area contributed by atoms with Crippen molar-refractivity contribution in [3.05, 3.63) is 59.2 Å². The Bertz CT molecular complexity index is 656. The van der Waals surface area contributed by atoms with E-state index < -0.39 is 0 Å². The van der Waals surface area contributed by atoms with Crippen LogP contribution in [0.15, 0.2) is 36.4 Å². The first-order valence-corrected chi connectivity index (χ1v) is 6.47. The summed E-state index contributed by atoms with van der Waals surface area (Å²) in [6, 6.07) is 9.35. The van der Waals surface area contributed by atoms with Gasteiger partial charge in [0.1, 0.15) is 11.6 Å². The van der Waals surface area contributed by atoms with Crippen molar-refractivity contribution >= 4 is 28.7 Å². The smallest absolute Gasteiger partial charge is 0.175 e. The minimum absolute atomic E-state index is 0.268. The molecule has 0 saturated heterocycles. The van der Waals surface area contributed by atoms with Gasteiger partial charge in [0.05, 0.1) is 0 Å². The van der Waals surface area contributed by atoms with Gasteiger partial charge in [-0.1, -0.05) is 6.07 Å². The number of rotatable bonds is 2. The number of anilines is 2. The second kappa shape index (κ2) is 5.96. The summed E-state index contributed by atoms with van der Waals surface area (Å²) in [5, 5.41) is 6.18. The average molecular weight is 292 g/mol. The lowest BCUT2D eigenvalue weighted by molar-refractivity contribution is 0.618. The molecule has 5 heteroatoms. The third-order valence-corrected chi connectivity index (χ3v) is 3.14. The monoisotopic (exact) mass is 292 g/mol. The molecule has 2 aromatic rings. The minimum atomic E-state index is -0.296. The van der Waals surface area contributed by atoms with Crippen molar-refractivity contribution in [1.82, 2.24) is 0 Å². The number of hydrogen-bond acceptors (Lipinski definition) is 1. The van der Waals surface area contributed by atoms with Crippen molar-refractivity contribution < 1.29 is 8.78 Å². The molecule has 0 amide bonds. The molecule has 0 aromatic heterocycles. The van der Waals surface area contributed by atoms with Crippen molar-refractivity contribution in [3.63, 3.8) is 0 Å². The van der Waals surface area contributed by atoms with E-state index in [0.29, 0.717) is 27.6 Å². The highest BCUT2D eigenvalue weighted by Gasteiger charge is 2.06. The van der Waals surface area contributed by atoms with Crippen LogP contribution in [0.25, 0.3) is 0 Å². The second-order valence-corrected chi connectivity index (χ2v) is 4.86. The average Bonchev–Trinajstić information content (AvgIpc) is 2.39. The molecule has 2 nitrogen and oxygen atoms in total. The van der Waals surface area contributed by atoms with Crippen LogP contribution in [0.4, 0.5) is 20.2 Å². The van der Waals surface area contributed by atoms with Gasteiger partial charge in [0.15, 0.2) is 5.11 Å². The van der Waals surface area contributed by atoms with E-state index in [1.165, 1.54) is 12.1 Å². The summed E-state index contributed by atoms with van der Waals surface area (Å²) < 4.78 is 26.6. The molecule has 0 aliphatic carbocycles. The highest BCUT2D eigenvalue weighted by molar-refractivity contribution is 7.80. The van der Waals surface area contributed by atoms with Crippen LogP contribution in [0, 0.1) is 25.5 Å². The molecule has 2 N–H and O–H groups in total. The van der Waals surface area contributed by atoms with Gasteiger partial charge < -0.3 is 10.6 Å². The Kier molecular flexibility index (Phi) is 4.29. The molecule has 20 heavy (non-hydrogen) atoms. The predicted molar refractivity (Wildman–Crippen MR) is 82.1 cm³/mol. The SMILES string of the molecule is Cc1cc(NC(=S)Nc2cccc(F)c2C)ccc1F. The molecule has 0 spiro atoms. The van der Waals surface area contributed by atoms with E-state index in [4.69, 9.17) is 12.2 Å². The van der Waals surface area contributed by atoms with Crippen LogP contribution in [0.3, 0.4) is 0 Å². The minimum Gasteiger partial charge on any atom is -0.332 e. The van der Waals surface area contributed by atoms with Gasteiger partial charge in [-0.05, 0) is 62.0 Å². The Labute approximate surface area is 121 Å². The molecule has 0 saturated carbocycles. The first-order valence-electron chi connectivity index (χ1n) is 6.06. The molecule has 0 atom stereocenters. The Morgan fingerprint density at radius 1 is 1.00 bits per heavy atom. The van der Waals surface area contributed by atoms with Gasteiger partial charge in [-0.15, -0.1) is 0 Å². The van der Waals surface area contributed by atoms with Crippen LogP contribution in [0.5, 0.6) is 0 Å². The lowest BCUT2D eigenvalue weighted by Gasteiger charge is -2.13. The van der Waals surface area contributed by atoms with Gasteiger partial charge in [0.2, 0.25) is 0 Å². The molecule has 2 aromatic carbocycles. The Morgan fingerprint density at radius 2 is 1.75 bits per heavy atom. The number of hydrogen-bond donors (Lipinski definition) is 2. The van der Waals surface area contributed by atoms with Crippen LogP contribution in [0.2, 0.25) is 0 Å². The first-order chi connectivity index (χ1) is 9.47. The van der Waals surface area contributed by atoms with E-state index in [1.54, 1.807) is 38.1 Å². The molecule has 0 unspecified atom stereocenters. The molecule has 0 heterocycles. The number of nitrogens with one attached hydrogen (secondary N) is 2. The molecule has 0 aliphatic rings. The summed E-state index contributed by atoms with van der Waals surface area (Å²) >= 11 is 5.16. The predicted octanol–water partition coefficient (Wildman–Crippen LogP) is 4.39. The van der Waals surface area contributed by atoms with Gasteiger partial charge in [0, 0.05) is 16.9 Å². The zero-order valence-corrected chi connectivity index (χ0v) is 11.9. The van der Waals surface area contributed by atoms with E-state index in [9.17, 15) is 8.78 Å². The number of thiocarbonyl (C=S) groups is 1. The van der Waals surface area contributed by atoms with Crippen LogP contribution in [-0.4, -0.2) is 5.11 Å². The Morgan fingerprint density at radius 3 is 2.45 bits per heavy atom. The van der Waals surface area contributed by atoms with E-state index in [0.717, 1.165) is 0 Å². The Hall–Kier alpha value is -2.01. The number of aryl methyl sites for hydroxylation is 1. The molecule has 0 aliphatic heterocycles. The third kappa shape index (κ3) is 3.30. The zero-order chi connectivity index (χ0) is 14.7. The summed E-state index contributed by atoms with van der Waals surface area (Å²) in [5.74, 6) is -0.564. The molecule has 0 fully saturated rings. The summed E-state index contributed by atoms with van der Waals surface area (Å²) in [6.07, 6.45) is 0. The van der Waals surface area contributed by atoms with Gasteiger partial charge in [0.25, 0.3) is 0 Å². The fourth-order valence-corrected chi connectivity index (χ4v) is 1.98. The first kappa shape index (κ1) is 14.4. The maximum atomic E-state index is 13.4. The third-order valence-electron chi connectivity index (χ3n) is 2.93. The standard InChI is InChI=1S/C15H14F2N2S/c1-9-8-11(6-7-12(9)16)18-15(20)19-14-5-3-4-13(17)10(14)2/h3-8H,1-2H3,(H2,18,19,20). The lowest BCUT2D eigenvalue weighted by Crippen LogP contribution is -2.20. The molecule has 104 valence electrons. The fourth-order valence-electron chi connectivity index (χ4n) is 1.75. The van der Waals surface area contributed by atoms with Crippen molar-refractivity contribution in [2.45, 2.75) is 13.8 Å². The van der Waals surface area contributed by atoms with Crippen molar-refractivity contribution in [3.8, 4) is 0 Å². The zero-order valence-electron chi connectivity index (χ0n) is 11.1. The van der Waals surface area contributed by atoms with Gasteiger partial charge in [-0.2, -0.15) is 0 Å². The molecular weight excluding hydrogens is 278 g/mol. The van der Waals surface area contributed by atoms with Gasteiger partial charge in [-0.25, -0.2) is 8.78 Å². The van der Waals surface area contributed by atoms with Crippen LogP contribution in [0.1, 0.15) is 11.1 Å². The van der Waals surface area contributed by atoms with Crippen molar-refractivity contribution in [2.24, 2.45) is 0 Å². The summed E-state index contributed by atoms with van der Waals surface area (Å²) in [6.45, 7) is 3.34. The van der Waals surface area contributed by atoms with Crippen LogP contribution in [-0.2, 0) is 0 Å². The van der Waals surface area contributed by atoms with E-state index in [-0.39, 0.29) is 11.6 Å². The topological polar surface area (TPSA) is 24.1 Å². The Balaban J connectivity index is 2.09. The summed E-state index contributed by atoms with van der Waals surface area (Å²) in [4.78, 5) is 0. The maximum Gasteiger partial charge on any atom is 0.175 e. The number of halogens is 2. The summed E-state index contributed by atoms with van der Waals surface area (Å²) in [7, 11) is 0. The largest absolute Gasteiger partial charge is 0.332 e. The summed E-state index contributed by atoms with van der Waals surface area (Å²) in [5.41, 5.74) is 2.29. The van der Waals surface area contributed by atoms with Crippen molar-refractivity contribution in [1.29, 1.82) is 0 Å². The highest BCUT2D eigenvalue weighted by Crippen LogP contribution is 2.18. The van der Waals surface area contributed by atoms with Gasteiger partial charge in [-0.3, -0.25) is 0 Å². The highest BCUT2D eigenvalue weighted by atomic mass is 32.1. The second-order valence-electron chi connectivity index (χ2n) is 4.46. The van der Waals surface area contributed by atoms with Crippen LogP contribution < -0.4 is 10.6 Å². The maximum absolute atomic E-state index is 13.4. The molecule has 0 radical (unpaired) electrons. The number of benzene rings is 2. The fraction of sp³-hybridized carbons (Fsp3) is 0.133. The normalized spacial score (nSPS) is 10.2. The van der Waals surface area contributed by atoms with E-state index in [1.807, 2.05) is 0 Å². The van der Waals surface area contributed by atoms with Gasteiger partial charge >= 0.3 is 0 Å². The lowest BCUT2D eigenvalue weighted by atomic mass is 10.2. The molecular formula is C15H14F2N2S. The van der Waals surface area contributed by atoms with Crippen LogP contribution >= 0.6 is 12.2 Å². The van der Waals surface area contributed by atoms with E-state index in [2.05, 4.69) is 10.6 Å². The van der Waals surface area contributed by atoms with Crippen molar-refractivity contribution in [2.75, 3.05) is 10.6 Å². The molecule has 0 bridgehead atoms. The molecule has 2 rings (SSSR count).